The van der Waals surface area contributed by atoms with Crippen LogP contribution in [-0.4, -0.2) is 20.1 Å². The molecule has 0 saturated heterocycles. The fourth-order valence-electron chi connectivity index (χ4n) is 1.85. The molecule has 2 aromatic heterocycles. The standard InChI is InChI=1S/C13H14N4OS/c1-7-4-5-10-11(6-7)16-13(15-10)19-8(2)12-14-9(3)17-18-12/h4-6,8H,1-3H3,(H,15,16). The maximum atomic E-state index is 5.17. The summed E-state index contributed by atoms with van der Waals surface area (Å²) in [5.74, 6) is 1.28. The molecule has 0 aliphatic rings. The molecule has 1 N–H and O–H groups in total. The summed E-state index contributed by atoms with van der Waals surface area (Å²) in [5, 5.41) is 4.74. The maximum absolute atomic E-state index is 5.17. The van der Waals surface area contributed by atoms with Gasteiger partial charge in [0, 0.05) is 0 Å². The molecule has 0 bridgehead atoms. The second-order valence-corrected chi connectivity index (χ2v) is 5.83. The fraction of sp³-hybridized carbons (Fsp3) is 0.308. The van der Waals surface area contributed by atoms with Crippen LogP contribution < -0.4 is 0 Å². The molecule has 98 valence electrons. The van der Waals surface area contributed by atoms with Crippen molar-refractivity contribution in [3.05, 3.63) is 35.5 Å². The highest BCUT2D eigenvalue weighted by Gasteiger charge is 2.16. The Hall–Kier alpha value is -1.82. The van der Waals surface area contributed by atoms with Gasteiger partial charge in [0.1, 0.15) is 0 Å². The number of fused-ring (bicyclic) bond motifs is 1. The van der Waals surface area contributed by atoms with Gasteiger partial charge in [-0.25, -0.2) is 4.98 Å². The molecule has 0 aliphatic carbocycles. The summed E-state index contributed by atoms with van der Waals surface area (Å²) in [6.07, 6.45) is 0. The molecular weight excluding hydrogens is 260 g/mol. The van der Waals surface area contributed by atoms with Gasteiger partial charge in [-0.3, -0.25) is 0 Å². The molecule has 1 unspecified atom stereocenters. The lowest BCUT2D eigenvalue weighted by atomic mass is 10.2. The van der Waals surface area contributed by atoms with Gasteiger partial charge in [0.05, 0.1) is 16.3 Å². The molecule has 0 radical (unpaired) electrons. The van der Waals surface area contributed by atoms with Gasteiger partial charge in [0.2, 0.25) is 5.89 Å². The fourth-order valence-corrected chi connectivity index (χ4v) is 2.70. The third kappa shape index (κ3) is 2.49. The van der Waals surface area contributed by atoms with E-state index in [9.17, 15) is 0 Å². The van der Waals surface area contributed by atoms with Crippen molar-refractivity contribution >= 4 is 22.8 Å². The van der Waals surface area contributed by atoms with Crippen LogP contribution in [-0.2, 0) is 0 Å². The van der Waals surface area contributed by atoms with Crippen molar-refractivity contribution in [1.82, 2.24) is 20.1 Å². The van der Waals surface area contributed by atoms with Gasteiger partial charge in [0.15, 0.2) is 11.0 Å². The van der Waals surface area contributed by atoms with E-state index in [1.165, 1.54) is 5.56 Å². The van der Waals surface area contributed by atoms with Crippen LogP contribution in [0.4, 0.5) is 0 Å². The third-order valence-corrected chi connectivity index (χ3v) is 3.77. The number of nitrogens with zero attached hydrogens (tertiary/aromatic N) is 3. The van der Waals surface area contributed by atoms with E-state index in [4.69, 9.17) is 4.52 Å². The minimum atomic E-state index is 0.0721. The van der Waals surface area contributed by atoms with Crippen molar-refractivity contribution in [2.75, 3.05) is 0 Å². The highest BCUT2D eigenvalue weighted by molar-refractivity contribution is 7.99. The van der Waals surface area contributed by atoms with Gasteiger partial charge in [-0.1, -0.05) is 23.0 Å². The smallest absolute Gasteiger partial charge is 0.239 e. The normalized spacial score (nSPS) is 13.0. The number of imidazole rings is 1. The molecule has 1 aromatic carbocycles. The van der Waals surface area contributed by atoms with E-state index in [1.807, 2.05) is 19.9 Å². The van der Waals surface area contributed by atoms with Crippen molar-refractivity contribution in [1.29, 1.82) is 0 Å². The van der Waals surface area contributed by atoms with Gasteiger partial charge in [-0.15, -0.1) is 0 Å². The average molecular weight is 274 g/mol. The zero-order valence-electron chi connectivity index (χ0n) is 11.0. The Kier molecular flexibility index (Phi) is 3.02. The van der Waals surface area contributed by atoms with Gasteiger partial charge in [-0.2, -0.15) is 4.98 Å². The van der Waals surface area contributed by atoms with E-state index in [1.54, 1.807) is 11.8 Å². The lowest BCUT2D eigenvalue weighted by Crippen LogP contribution is -1.89. The topological polar surface area (TPSA) is 67.6 Å². The average Bonchev–Trinajstić information content (AvgIpc) is 2.94. The molecule has 0 amide bonds. The van der Waals surface area contributed by atoms with E-state index >= 15 is 0 Å². The van der Waals surface area contributed by atoms with Gasteiger partial charge in [-0.05, 0) is 38.5 Å². The predicted molar refractivity (Wildman–Crippen MR) is 74.1 cm³/mol. The van der Waals surface area contributed by atoms with Crippen LogP contribution in [0.2, 0.25) is 0 Å². The Bertz CT molecular complexity index is 718. The van der Waals surface area contributed by atoms with E-state index in [2.05, 4.69) is 39.2 Å². The summed E-state index contributed by atoms with van der Waals surface area (Å²) < 4.78 is 5.17. The van der Waals surface area contributed by atoms with Gasteiger partial charge < -0.3 is 9.51 Å². The van der Waals surface area contributed by atoms with Crippen molar-refractivity contribution < 1.29 is 4.52 Å². The van der Waals surface area contributed by atoms with Crippen LogP contribution in [0.3, 0.4) is 0 Å². The number of aromatic nitrogens is 4. The predicted octanol–water partition coefficient (Wildman–Crippen LogP) is 3.42. The molecule has 3 aromatic rings. The molecule has 0 fully saturated rings. The highest BCUT2D eigenvalue weighted by Crippen LogP contribution is 2.33. The Balaban J connectivity index is 1.85. The summed E-state index contributed by atoms with van der Waals surface area (Å²) in [7, 11) is 0. The molecule has 2 heterocycles. The minimum absolute atomic E-state index is 0.0721. The number of hydrogen-bond donors (Lipinski definition) is 1. The molecule has 1 atom stereocenters. The first-order valence-corrected chi connectivity index (χ1v) is 6.93. The molecule has 0 saturated carbocycles. The van der Waals surface area contributed by atoms with Crippen LogP contribution >= 0.6 is 11.8 Å². The lowest BCUT2D eigenvalue weighted by Gasteiger charge is -2.02. The van der Waals surface area contributed by atoms with Crippen LogP contribution in [0.15, 0.2) is 27.9 Å². The number of rotatable bonds is 3. The van der Waals surface area contributed by atoms with E-state index in [-0.39, 0.29) is 5.25 Å². The number of thioether (sulfide) groups is 1. The van der Waals surface area contributed by atoms with Gasteiger partial charge >= 0.3 is 0 Å². The molecule has 0 spiro atoms. The summed E-state index contributed by atoms with van der Waals surface area (Å²) in [6.45, 7) is 5.90. The van der Waals surface area contributed by atoms with E-state index in [0.29, 0.717) is 11.7 Å². The van der Waals surface area contributed by atoms with Crippen molar-refractivity contribution in [3.8, 4) is 0 Å². The summed E-state index contributed by atoms with van der Waals surface area (Å²) >= 11 is 1.58. The summed E-state index contributed by atoms with van der Waals surface area (Å²) in [4.78, 5) is 12.1. The second-order valence-electron chi connectivity index (χ2n) is 4.50. The zero-order chi connectivity index (χ0) is 13.4. The Morgan fingerprint density at radius 2 is 2.11 bits per heavy atom. The molecule has 0 aliphatic heterocycles. The summed E-state index contributed by atoms with van der Waals surface area (Å²) in [5.41, 5.74) is 3.24. The largest absolute Gasteiger partial charge is 0.338 e. The van der Waals surface area contributed by atoms with Crippen LogP contribution in [0.5, 0.6) is 0 Å². The molecule has 19 heavy (non-hydrogen) atoms. The first-order chi connectivity index (χ1) is 9.11. The maximum Gasteiger partial charge on any atom is 0.239 e. The SMILES string of the molecule is Cc1ccc2nc(SC(C)c3nc(C)no3)[nH]c2c1. The lowest BCUT2D eigenvalue weighted by molar-refractivity contribution is 0.376. The Morgan fingerprint density at radius 3 is 2.84 bits per heavy atom. The monoisotopic (exact) mass is 274 g/mol. The number of H-pyrrole nitrogens is 1. The minimum Gasteiger partial charge on any atom is -0.338 e. The molecule has 5 nitrogen and oxygen atoms in total. The number of benzene rings is 1. The number of hydrogen-bond acceptors (Lipinski definition) is 5. The van der Waals surface area contributed by atoms with Crippen LogP contribution in [0, 0.1) is 13.8 Å². The van der Waals surface area contributed by atoms with Crippen molar-refractivity contribution in [3.63, 3.8) is 0 Å². The van der Waals surface area contributed by atoms with E-state index in [0.717, 1.165) is 16.2 Å². The van der Waals surface area contributed by atoms with Crippen molar-refractivity contribution in [2.24, 2.45) is 0 Å². The Labute approximate surface area is 114 Å². The molecular formula is C13H14N4OS. The van der Waals surface area contributed by atoms with Crippen LogP contribution in [0.1, 0.15) is 29.5 Å². The number of aromatic amines is 1. The zero-order valence-corrected chi connectivity index (χ0v) is 11.8. The Morgan fingerprint density at radius 1 is 1.26 bits per heavy atom. The first kappa shape index (κ1) is 12.2. The van der Waals surface area contributed by atoms with Crippen LogP contribution in [0.25, 0.3) is 11.0 Å². The first-order valence-electron chi connectivity index (χ1n) is 6.05. The quantitative estimate of drug-likeness (QED) is 0.741. The summed E-state index contributed by atoms with van der Waals surface area (Å²) in [6, 6.07) is 6.17. The third-order valence-electron chi connectivity index (χ3n) is 2.80. The molecule has 6 heteroatoms. The number of aryl methyl sites for hydroxylation is 2. The van der Waals surface area contributed by atoms with Crippen molar-refractivity contribution in [2.45, 2.75) is 31.2 Å². The highest BCUT2D eigenvalue weighted by atomic mass is 32.2. The van der Waals surface area contributed by atoms with E-state index < -0.39 is 0 Å². The second kappa shape index (κ2) is 4.70. The van der Waals surface area contributed by atoms with Gasteiger partial charge in [0.25, 0.3) is 0 Å². The molecule has 3 rings (SSSR count). The number of nitrogens with one attached hydrogen (secondary N) is 1.